The molecule has 0 unspecified atom stereocenters. The molecule has 0 atom stereocenters. The predicted molar refractivity (Wildman–Crippen MR) is 97.2 cm³/mol. The van der Waals surface area contributed by atoms with Crippen LogP contribution in [0.4, 0.5) is 10.5 Å². The van der Waals surface area contributed by atoms with Crippen LogP contribution in [0.5, 0.6) is 0 Å². The van der Waals surface area contributed by atoms with Crippen LogP contribution >= 0.6 is 11.6 Å². The van der Waals surface area contributed by atoms with E-state index < -0.39 is 5.97 Å². The first-order valence-electron chi connectivity index (χ1n) is 8.76. The number of amides is 2. The van der Waals surface area contributed by atoms with Crippen LogP contribution in [0.15, 0.2) is 18.2 Å². The Morgan fingerprint density at radius 3 is 2.48 bits per heavy atom. The van der Waals surface area contributed by atoms with E-state index in [1.54, 1.807) is 23.1 Å². The van der Waals surface area contributed by atoms with Gasteiger partial charge in [0.05, 0.1) is 23.4 Å². The second-order valence-electron chi connectivity index (χ2n) is 6.58. The first kappa shape index (κ1) is 18.0. The molecular weight excluding hydrogens is 342 g/mol. The summed E-state index contributed by atoms with van der Waals surface area (Å²) in [6.45, 7) is 3.23. The molecule has 1 aliphatic carbocycles. The van der Waals surface area contributed by atoms with E-state index in [1.807, 2.05) is 0 Å². The lowest BCUT2D eigenvalue weighted by Crippen LogP contribution is -2.52. The third-order valence-electron chi connectivity index (χ3n) is 5.07. The van der Waals surface area contributed by atoms with E-state index in [1.165, 1.54) is 32.8 Å². The van der Waals surface area contributed by atoms with Crippen molar-refractivity contribution in [3.63, 3.8) is 0 Å². The zero-order chi connectivity index (χ0) is 17.8. The van der Waals surface area contributed by atoms with Gasteiger partial charge in [-0.25, -0.2) is 9.59 Å². The summed E-state index contributed by atoms with van der Waals surface area (Å²) in [4.78, 5) is 28.5. The highest BCUT2D eigenvalue weighted by atomic mass is 35.5. The van der Waals surface area contributed by atoms with Gasteiger partial charge in [-0.2, -0.15) is 0 Å². The van der Waals surface area contributed by atoms with Gasteiger partial charge in [-0.05, 0) is 31.0 Å². The number of piperazine rings is 1. The van der Waals surface area contributed by atoms with Crippen molar-refractivity contribution in [2.75, 3.05) is 38.6 Å². The van der Waals surface area contributed by atoms with E-state index in [2.05, 4.69) is 10.2 Å². The average Bonchev–Trinajstić information content (AvgIpc) is 3.17. The highest BCUT2D eigenvalue weighted by Crippen LogP contribution is 2.26. The minimum absolute atomic E-state index is 0.185. The third-order valence-corrected chi connectivity index (χ3v) is 5.40. The largest absolute Gasteiger partial charge is 0.465 e. The molecule has 0 aromatic heterocycles. The standard InChI is InChI=1S/C18H24ClN3O3/c1-25-17(23)13-6-7-15(19)16(12-13)20-18(24)22-10-8-21(9-11-22)14-4-2-3-5-14/h6-7,12,14H,2-5,8-11H2,1H3,(H,20,24). The predicted octanol–water partition coefficient (Wildman–Crippen LogP) is 3.22. The lowest BCUT2D eigenvalue weighted by Gasteiger charge is -2.38. The third kappa shape index (κ3) is 4.25. The smallest absolute Gasteiger partial charge is 0.337 e. The second-order valence-corrected chi connectivity index (χ2v) is 6.98. The highest BCUT2D eigenvalue weighted by molar-refractivity contribution is 6.33. The Morgan fingerprint density at radius 1 is 1.16 bits per heavy atom. The minimum Gasteiger partial charge on any atom is -0.465 e. The fourth-order valence-electron chi connectivity index (χ4n) is 3.62. The molecule has 1 saturated carbocycles. The molecule has 0 spiro atoms. The fourth-order valence-corrected chi connectivity index (χ4v) is 3.78. The van der Waals surface area contributed by atoms with E-state index in [0.717, 1.165) is 13.1 Å². The quantitative estimate of drug-likeness (QED) is 0.835. The number of rotatable bonds is 3. The summed E-state index contributed by atoms with van der Waals surface area (Å²) in [6.07, 6.45) is 5.20. The average molecular weight is 366 g/mol. The Labute approximate surface area is 153 Å². The Balaban J connectivity index is 1.58. The van der Waals surface area contributed by atoms with Crippen molar-refractivity contribution >= 4 is 29.3 Å². The molecule has 1 aromatic rings. The van der Waals surface area contributed by atoms with E-state index >= 15 is 0 Å². The van der Waals surface area contributed by atoms with Gasteiger partial charge in [0.2, 0.25) is 0 Å². The molecule has 2 fully saturated rings. The van der Waals surface area contributed by atoms with Gasteiger partial charge in [-0.15, -0.1) is 0 Å². The number of urea groups is 1. The molecule has 2 amide bonds. The number of nitrogens with one attached hydrogen (secondary N) is 1. The summed E-state index contributed by atoms with van der Waals surface area (Å²) < 4.78 is 4.70. The maximum Gasteiger partial charge on any atom is 0.337 e. The Morgan fingerprint density at radius 2 is 1.84 bits per heavy atom. The number of carbonyl (C=O) groups is 2. The monoisotopic (exact) mass is 365 g/mol. The summed E-state index contributed by atoms with van der Waals surface area (Å²) in [5.74, 6) is -0.461. The van der Waals surface area contributed by atoms with Crippen molar-refractivity contribution in [1.29, 1.82) is 0 Å². The van der Waals surface area contributed by atoms with Crippen molar-refractivity contribution in [3.8, 4) is 0 Å². The molecule has 2 aliphatic rings. The molecule has 7 heteroatoms. The summed E-state index contributed by atoms with van der Waals surface area (Å²) in [5, 5.41) is 3.21. The molecule has 25 heavy (non-hydrogen) atoms. The van der Waals surface area contributed by atoms with Crippen molar-refractivity contribution < 1.29 is 14.3 Å². The van der Waals surface area contributed by atoms with Gasteiger partial charge in [0, 0.05) is 32.2 Å². The van der Waals surface area contributed by atoms with Crippen LogP contribution in [0.2, 0.25) is 5.02 Å². The zero-order valence-corrected chi connectivity index (χ0v) is 15.2. The summed E-state index contributed by atoms with van der Waals surface area (Å²) >= 11 is 6.14. The number of halogens is 1. The number of hydrogen-bond acceptors (Lipinski definition) is 4. The van der Waals surface area contributed by atoms with Crippen molar-refractivity contribution in [2.24, 2.45) is 0 Å². The Bertz CT molecular complexity index is 638. The second kappa shape index (κ2) is 8.06. The first-order valence-corrected chi connectivity index (χ1v) is 9.14. The zero-order valence-electron chi connectivity index (χ0n) is 14.5. The van der Waals surface area contributed by atoms with Crippen molar-refractivity contribution in [3.05, 3.63) is 28.8 Å². The number of esters is 1. The highest BCUT2D eigenvalue weighted by Gasteiger charge is 2.28. The van der Waals surface area contributed by atoms with E-state index in [9.17, 15) is 9.59 Å². The van der Waals surface area contributed by atoms with E-state index in [4.69, 9.17) is 16.3 Å². The number of nitrogens with zero attached hydrogens (tertiary/aromatic N) is 2. The lowest BCUT2D eigenvalue weighted by molar-refractivity contribution is 0.0600. The number of ether oxygens (including phenoxy) is 1. The number of hydrogen-bond donors (Lipinski definition) is 1. The maximum atomic E-state index is 12.5. The molecule has 6 nitrogen and oxygen atoms in total. The molecule has 1 N–H and O–H groups in total. The summed E-state index contributed by atoms with van der Waals surface area (Å²) in [7, 11) is 1.32. The van der Waals surface area contributed by atoms with Crippen LogP contribution in [-0.4, -0.2) is 61.1 Å². The minimum atomic E-state index is -0.461. The van der Waals surface area contributed by atoms with Crippen LogP contribution in [0.1, 0.15) is 36.0 Å². The molecular formula is C18H24ClN3O3. The maximum absolute atomic E-state index is 12.5. The van der Waals surface area contributed by atoms with Crippen molar-refractivity contribution in [1.82, 2.24) is 9.80 Å². The lowest BCUT2D eigenvalue weighted by atomic mass is 10.2. The summed E-state index contributed by atoms with van der Waals surface area (Å²) in [5.41, 5.74) is 0.779. The number of carbonyl (C=O) groups excluding carboxylic acids is 2. The number of anilines is 1. The van der Waals surface area contributed by atoms with Gasteiger partial charge in [0.25, 0.3) is 0 Å². The Hall–Kier alpha value is -1.79. The normalized spacial score (nSPS) is 19.0. The van der Waals surface area contributed by atoms with Gasteiger partial charge in [-0.3, -0.25) is 4.90 Å². The molecule has 1 aromatic carbocycles. The number of methoxy groups -OCH3 is 1. The topological polar surface area (TPSA) is 61.9 Å². The van der Waals surface area contributed by atoms with Gasteiger partial charge >= 0.3 is 12.0 Å². The Kier molecular flexibility index (Phi) is 5.81. The van der Waals surface area contributed by atoms with E-state index in [-0.39, 0.29) is 6.03 Å². The molecule has 1 saturated heterocycles. The van der Waals surface area contributed by atoms with Gasteiger partial charge < -0.3 is 15.0 Å². The van der Waals surface area contributed by atoms with Gasteiger partial charge in [0.15, 0.2) is 0 Å². The molecule has 3 rings (SSSR count). The molecule has 136 valence electrons. The van der Waals surface area contributed by atoms with E-state index in [0.29, 0.717) is 35.4 Å². The van der Waals surface area contributed by atoms with Crippen molar-refractivity contribution in [2.45, 2.75) is 31.7 Å². The van der Waals surface area contributed by atoms with Gasteiger partial charge in [-0.1, -0.05) is 24.4 Å². The molecule has 1 aliphatic heterocycles. The first-order chi connectivity index (χ1) is 12.1. The van der Waals surface area contributed by atoms with Gasteiger partial charge in [0.1, 0.15) is 0 Å². The van der Waals surface area contributed by atoms with Crippen LogP contribution in [-0.2, 0) is 4.74 Å². The molecule has 0 bridgehead atoms. The fraction of sp³-hybridized carbons (Fsp3) is 0.556. The van der Waals surface area contributed by atoms with Crippen LogP contribution in [0.3, 0.4) is 0 Å². The molecule has 1 heterocycles. The van der Waals surface area contributed by atoms with Crippen LogP contribution in [0, 0.1) is 0 Å². The summed E-state index contributed by atoms with van der Waals surface area (Å²) in [6, 6.07) is 5.21. The SMILES string of the molecule is COC(=O)c1ccc(Cl)c(NC(=O)N2CCN(C3CCCC3)CC2)c1. The number of benzene rings is 1. The van der Waals surface area contributed by atoms with Crippen LogP contribution < -0.4 is 5.32 Å². The molecule has 0 radical (unpaired) electrons. The van der Waals surface area contributed by atoms with Crippen LogP contribution in [0.25, 0.3) is 0 Å².